The third kappa shape index (κ3) is 2.87. The van der Waals surface area contributed by atoms with Gasteiger partial charge in [0.05, 0.1) is 24.8 Å². The summed E-state index contributed by atoms with van der Waals surface area (Å²) in [7, 11) is 0. The molecule has 5 heteroatoms. The molecule has 0 radical (unpaired) electrons. The van der Waals surface area contributed by atoms with Gasteiger partial charge in [-0.1, -0.05) is 29.8 Å². The fraction of sp³-hybridized carbons (Fsp3) is 0.278. The lowest BCUT2D eigenvalue weighted by molar-refractivity contribution is 0.0582. The maximum absolute atomic E-state index is 12.9. The number of aliphatic hydroxyl groups is 1. The van der Waals surface area contributed by atoms with Gasteiger partial charge >= 0.3 is 0 Å². The van der Waals surface area contributed by atoms with E-state index < -0.39 is 6.04 Å². The number of rotatable bonds is 2. The second kappa shape index (κ2) is 6.30. The van der Waals surface area contributed by atoms with E-state index in [9.17, 15) is 15.0 Å². The summed E-state index contributed by atoms with van der Waals surface area (Å²) in [6.45, 7) is 2.33. The molecule has 0 aliphatic carbocycles. The molecule has 0 saturated carbocycles. The van der Waals surface area contributed by atoms with Gasteiger partial charge in [-0.25, -0.2) is 0 Å². The molecule has 5 nitrogen and oxygen atoms in total. The van der Waals surface area contributed by atoms with Crippen LogP contribution in [0, 0.1) is 6.92 Å². The van der Waals surface area contributed by atoms with Crippen LogP contribution in [0.3, 0.4) is 0 Å². The Bertz CT molecular complexity index is 729. The van der Waals surface area contributed by atoms with Crippen molar-refractivity contribution in [2.75, 3.05) is 19.8 Å². The molecule has 2 aromatic carbocycles. The number of benzene rings is 2. The highest BCUT2D eigenvalue weighted by molar-refractivity contribution is 5.97. The first-order valence-corrected chi connectivity index (χ1v) is 7.55. The Labute approximate surface area is 134 Å². The number of nitrogens with zero attached hydrogens (tertiary/aromatic N) is 1. The number of aromatic hydroxyl groups is 1. The van der Waals surface area contributed by atoms with Crippen molar-refractivity contribution in [2.45, 2.75) is 13.0 Å². The van der Waals surface area contributed by atoms with Crippen LogP contribution < -0.4 is 4.74 Å². The average Bonchev–Trinajstić information content (AvgIpc) is 2.75. The summed E-state index contributed by atoms with van der Waals surface area (Å²) < 4.78 is 5.68. The molecule has 3 rings (SSSR count). The van der Waals surface area contributed by atoms with Crippen molar-refractivity contribution in [3.63, 3.8) is 0 Å². The van der Waals surface area contributed by atoms with Crippen molar-refractivity contribution in [3.05, 3.63) is 59.2 Å². The summed E-state index contributed by atoms with van der Waals surface area (Å²) in [6.07, 6.45) is 0. The van der Waals surface area contributed by atoms with Gasteiger partial charge in [0, 0.05) is 5.56 Å². The second-order valence-corrected chi connectivity index (χ2v) is 5.60. The van der Waals surface area contributed by atoms with Gasteiger partial charge in [0.1, 0.15) is 18.1 Å². The Balaban J connectivity index is 2.01. The lowest BCUT2D eigenvalue weighted by Crippen LogP contribution is -2.38. The van der Waals surface area contributed by atoms with Crippen LogP contribution in [-0.4, -0.2) is 40.8 Å². The summed E-state index contributed by atoms with van der Waals surface area (Å²) >= 11 is 0. The summed E-state index contributed by atoms with van der Waals surface area (Å²) in [5.41, 5.74) is 1.90. The minimum Gasteiger partial charge on any atom is -0.507 e. The molecular weight excluding hydrogens is 294 g/mol. The van der Waals surface area contributed by atoms with Crippen molar-refractivity contribution in [3.8, 4) is 11.5 Å². The largest absolute Gasteiger partial charge is 0.507 e. The van der Waals surface area contributed by atoms with Crippen LogP contribution in [0.4, 0.5) is 0 Å². The van der Waals surface area contributed by atoms with Crippen molar-refractivity contribution in [1.82, 2.24) is 4.90 Å². The topological polar surface area (TPSA) is 70.0 Å². The predicted octanol–water partition coefficient (Wildman–Crippen LogP) is 2.27. The van der Waals surface area contributed by atoms with E-state index in [1.807, 2.05) is 31.2 Å². The van der Waals surface area contributed by atoms with E-state index in [1.54, 1.807) is 17.0 Å². The zero-order chi connectivity index (χ0) is 16.4. The van der Waals surface area contributed by atoms with Crippen molar-refractivity contribution in [2.24, 2.45) is 0 Å². The standard InChI is InChI=1S/C18H19NO4/c1-12-6-7-16(21)14(10-12)18(22)19-8-9-23-17-5-3-2-4-13(17)15(19)11-20/h2-7,10,15,20-21H,8-9,11H2,1H3. The molecule has 0 spiro atoms. The number of para-hydroxylation sites is 1. The lowest BCUT2D eigenvalue weighted by Gasteiger charge is -2.29. The quantitative estimate of drug-likeness (QED) is 0.892. The van der Waals surface area contributed by atoms with Crippen LogP contribution in [0.25, 0.3) is 0 Å². The molecule has 120 valence electrons. The number of amides is 1. The van der Waals surface area contributed by atoms with Crippen LogP contribution >= 0.6 is 0 Å². The Morgan fingerprint density at radius 3 is 2.87 bits per heavy atom. The fourth-order valence-corrected chi connectivity index (χ4v) is 2.88. The van der Waals surface area contributed by atoms with Crippen molar-refractivity contribution >= 4 is 5.91 Å². The van der Waals surface area contributed by atoms with E-state index >= 15 is 0 Å². The Hall–Kier alpha value is -2.53. The van der Waals surface area contributed by atoms with Crippen LogP contribution in [0.5, 0.6) is 11.5 Å². The normalized spacial score (nSPS) is 17.1. The Kier molecular flexibility index (Phi) is 4.21. The number of ether oxygens (including phenoxy) is 1. The summed E-state index contributed by atoms with van der Waals surface area (Å²) in [4.78, 5) is 14.5. The molecule has 0 aromatic heterocycles. The molecule has 0 fully saturated rings. The van der Waals surface area contributed by atoms with Crippen LogP contribution in [0.2, 0.25) is 0 Å². The molecule has 1 amide bonds. The summed E-state index contributed by atoms with van der Waals surface area (Å²) in [5.74, 6) is 0.302. The predicted molar refractivity (Wildman–Crippen MR) is 85.6 cm³/mol. The molecule has 1 unspecified atom stereocenters. The monoisotopic (exact) mass is 313 g/mol. The van der Waals surface area contributed by atoms with Crippen LogP contribution in [-0.2, 0) is 0 Å². The number of fused-ring (bicyclic) bond motifs is 1. The molecule has 23 heavy (non-hydrogen) atoms. The minimum atomic E-state index is -0.499. The van der Waals surface area contributed by atoms with Crippen molar-refractivity contribution < 1.29 is 19.7 Å². The number of aryl methyl sites for hydroxylation is 1. The summed E-state index contributed by atoms with van der Waals surface area (Å²) in [5, 5.41) is 19.9. The van der Waals surface area contributed by atoms with Crippen LogP contribution in [0.15, 0.2) is 42.5 Å². The van der Waals surface area contributed by atoms with Gasteiger partial charge in [-0.3, -0.25) is 4.79 Å². The minimum absolute atomic E-state index is 0.0595. The molecule has 1 aliphatic heterocycles. The van der Waals surface area contributed by atoms with E-state index in [2.05, 4.69) is 0 Å². The fourth-order valence-electron chi connectivity index (χ4n) is 2.88. The maximum Gasteiger partial charge on any atom is 0.258 e. The van der Waals surface area contributed by atoms with Gasteiger partial charge in [0.25, 0.3) is 5.91 Å². The SMILES string of the molecule is Cc1ccc(O)c(C(=O)N2CCOc3ccccc3C2CO)c1. The first-order valence-electron chi connectivity index (χ1n) is 7.55. The number of hydrogen-bond acceptors (Lipinski definition) is 4. The van der Waals surface area contributed by atoms with Gasteiger partial charge in [-0.15, -0.1) is 0 Å². The average molecular weight is 313 g/mol. The lowest BCUT2D eigenvalue weighted by atomic mass is 10.0. The highest BCUT2D eigenvalue weighted by Gasteiger charge is 2.31. The van der Waals surface area contributed by atoms with E-state index in [0.717, 1.165) is 11.1 Å². The number of hydrogen-bond donors (Lipinski definition) is 2. The Morgan fingerprint density at radius 1 is 1.30 bits per heavy atom. The Morgan fingerprint density at radius 2 is 2.09 bits per heavy atom. The molecule has 1 heterocycles. The number of aliphatic hydroxyl groups excluding tert-OH is 1. The maximum atomic E-state index is 12.9. The molecular formula is C18H19NO4. The molecule has 0 bridgehead atoms. The highest BCUT2D eigenvalue weighted by atomic mass is 16.5. The zero-order valence-electron chi connectivity index (χ0n) is 12.9. The van der Waals surface area contributed by atoms with E-state index in [0.29, 0.717) is 18.9 Å². The molecule has 1 atom stereocenters. The first kappa shape index (κ1) is 15.4. The number of phenolic OH excluding ortho intramolecular Hbond substituents is 1. The van der Waals surface area contributed by atoms with Gasteiger partial charge in [-0.05, 0) is 25.1 Å². The van der Waals surface area contributed by atoms with E-state index in [1.165, 1.54) is 6.07 Å². The molecule has 2 N–H and O–H groups in total. The van der Waals surface area contributed by atoms with E-state index in [4.69, 9.17) is 4.74 Å². The van der Waals surface area contributed by atoms with Gasteiger partial charge in [-0.2, -0.15) is 0 Å². The third-order valence-electron chi connectivity index (χ3n) is 4.06. The molecule has 0 saturated heterocycles. The van der Waals surface area contributed by atoms with E-state index in [-0.39, 0.29) is 23.8 Å². The number of phenols is 1. The second-order valence-electron chi connectivity index (χ2n) is 5.60. The first-order chi connectivity index (χ1) is 11.1. The van der Waals surface area contributed by atoms with Gasteiger partial charge in [0.15, 0.2) is 0 Å². The zero-order valence-corrected chi connectivity index (χ0v) is 12.9. The smallest absolute Gasteiger partial charge is 0.258 e. The molecule has 2 aromatic rings. The van der Waals surface area contributed by atoms with Crippen molar-refractivity contribution in [1.29, 1.82) is 0 Å². The summed E-state index contributed by atoms with van der Waals surface area (Å²) in [6, 6.07) is 11.8. The molecule has 1 aliphatic rings. The third-order valence-corrected chi connectivity index (χ3v) is 4.06. The van der Waals surface area contributed by atoms with Gasteiger partial charge in [0.2, 0.25) is 0 Å². The van der Waals surface area contributed by atoms with Gasteiger partial charge < -0.3 is 19.8 Å². The highest BCUT2D eigenvalue weighted by Crippen LogP contribution is 2.33. The number of carbonyl (C=O) groups excluding carboxylic acids is 1. The van der Waals surface area contributed by atoms with Crippen LogP contribution in [0.1, 0.15) is 27.5 Å². The number of carbonyl (C=O) groups is 1.